The van der Waals surface area contributed by atoms with Crippen LogP contribution in [0.15, 0.2) is 0 Å². The predicted octanol–water partition coefficient (Wildman–Crippen LogP) is 0.848. The second kappa shape index (κ2) is 6.45. The lowest BCUT2D eigenvalue weighted by Gasteiger charge is -2.26. The summed E-state index contributed by atoms with van der Waals surface area (Å²) < 4.78 is 25.8. The highest BCUT2D eigenvalue weighted by Gasteiger charge is 2.22. The molecule has 4 nitrogen and oxygen atoms in total. The summed E-state index contributed by atoms with van der Waals surface area (Å²) in [6.45, 7) is 3.86. The Hall–Kier alpha value is -0.130. The first-order chi connectivity index (χ1) is 7.14. The highest BCUT2D eigenvalue weighted by Crippen LogP contribution is 2.18. The zero-order valence-electron chi connectivity index (χ0n) is 9.46. The van der Waals surface area contributed by atoms with E-state index >= 15 is 0 Å². The monoisotopic (exact) mass is 234 g/mol. The second-order valence-corrected chi connectivity index (χ2v) is 6.04. The van der Waals surface area contributed by atoms with Crippen LogP contribution >= 0.6 is 0 Å². The Morgan fingerprint density at radius 3 is 2.53 bits per heavy atom. The van der Waals surface area contributed by atoms with Crippen LogP contribution in [-0.4, -0.2) is 33.3 Å². The minimum Gasteiger partial charge on any atom is -0.317 e. The van der Waals surface area contributed by atoms with Gasteiger partial charge >= 0.3 is 0 Å². The third-order valence-corrected chi connectivity index (χ3v) is 4.16. The Labute approximate surface area is 92.9 Å². The van der Waals surface area contributed by atoms with Crippen LogP contribution in [0, 0.1) is 0 Å². The molecule has 0 aromatic heterocycles. The van der Waals surface area contributed by atoms with E-state index in [9.17, 15) is 8.42 Å². The van der Waals surface area contributed by atoms with Gasteiger partial charge < -0.3 is 5.32 Å². The maximum atomic E-state index is 11.5. The molecule has 0 aromatic carbocycles. The van der Waals surface area contributed by atoms with Crippen LogP contribution in [0.2, 0.25) is 0 Å². The van der Waals surface area contributed by atoms with Gasteiger partial charge in [0.1, 0.15) is 0 Å². The molecule has 1 aliphatic carbocycles. The van der Waals surface area contributed by atoms with Crippen molar-refractivity contribution in [1.82, 2.24) is 10.0 Å². The maximum absolute atomic E-state index is 11.5. The van der Waals surface area contributed by atoms with Crippen LogP contribution in [0.4, 0.5) is 0 Å². The van der Waals surface area contributed by atoms with Crippen molar-refractivity contribution in [3.05, 3.63) is 0 Å². The van der Waals surface area contributed by atoms with Gasteiger partial charge in [-0.15, -0.1) is 0 Å². The fraction of sp³-hybridized carbons (Fsp3) is 1.00. The minimum absolute atomic E-state index is 0.221. The summed E-state index contributed by atoms with van der Waals surface area (Å²) in [4.78, 5) is 0. The first kappa shape index (κ1) is 12.9. The molecule has 1 saturated carbocycles. The Kier molecular flexibility index (Phi) is 5.56. The number of nitrogens with one attached hydrogen (secondary N) is 2. The molecule has 15 heavy (non-hydrogen) atoms. The Bertz CT molecular complexity index is 261. The fourth-order valence-electron chi connectivity index (χ4n) is 1.53. The molecule has 0 bridgehead atoms. The van der Waals surface area contributed by atoms with Gasteiger partial charge in [0.25, 0.3) is 0 Å². The zero-order valence-corrected chi connectivity index (χ0v) is 10.3. The van der Waals surface area contributed by atoms with Crippen molar-refractivity contribution in [2.24, 2.45) is 0 Å². The van der Waals surface area contributed by atoms with Gasteiger partial charge in [-0.3, -0.25) is 0 Å². The average molecular weight is 234 g/mol. The zero-order chi connectivity index (χ0) is 11.1. The molecule has 0 aliphatic heterocycles. The molecule has 0 radical (unpaired) electrons. The topological polar surface area (TPSA) is 58.2 Å². The minimum atomic E-state index is -3.02. The van der Waals surface area contributed by atoms with E-state index in [-0.39, 0.29) is 11.8 Å². The van der Waals surface area contributed by atoms with E-state index in [1.807, 2.05) is 0 Å². The Morgan fingerprint density at radius 1 is 1.27 bits per heavy atom. The van der Waals surface area contributed by atoms with Crippen LogP contribution in [0.1, 0.15) is 39.0 Å². The molecular formula is C10H22N2O2S. The lowest BCUT2D eigenvalue weighted by atomic mass is 9.94. The quantitative estimate of drug-likeness (QED) is 0.612. The fourth-order valence-corrected chi connectivity index (χ4v) is 2.91. The second-order valence-electron chi connectivity index (χ2n) is 4.17. The molecule has 0 atom stereocenters. The van der Waals surface area contributed by atoms with E-state index in [2.05, 4.69) is 17.0 Å². The molecule has 0 heterocycles. The van der Waals surface area contributed by atoms with E-state index in [1.165, 1.54) is 0 Å². The summed E-state index contributed by atoms with van der Waals surface area (Å²) in [6, 6.07) is 0.221. The van der Waals surface area contributed by atoms with Gasteiger partial charge in [0.2, 0.25) is 10.0 Å². The average Bonchev–Trinajstić information content (AvgIpc) is 2.12. The molecule has 0 spiro atoms. The van der Waals surface area contributed by atoms with Crippen molar-refractivity contribution in [3.63, 3.8) is 0 Å². The van der Waals surface area contributed by atoms with Crippen LogP contribution < -0.4 is 10.0 Å². The lowest BCUT2D eigenvalue weighted by Crippen LogP contribution is -2.41. The maximum Gasteiger partial charge on any atom is 0.211 e. The van der Waals surface area contributed by atoms with Gasteiger partial charge in [-0.25, -0.2) is 13.1 Å². The van der Waals surface area contributed by atoms with Crippen LogP contribution in [0.5, 0.6) is 0 Å². The molecular weight excluding hydrogens is 212 g/mol. The van der Waals surface area contributed by atoms with Gasteiger partial charge in [-0.2, -0.15) is 0 Å². The molecule has 2 N–H and O–H groups in total. The molecule has 0 aromatic rings. The van der Waals surface area contributed by atoms with E-state index in [0.29, 0.717) is 6.42 Å². The number of hydrogen-bond donors (Lipinski definition) is 2. The van der Waals surface area contributed by atoms with E-state index in [0.717, 1.165) is 38.8 Å². The van der Waals surface area contributed by atoms with E-state index < -0.39 is 10.0 Å². The number of hydrogen-bond acceptors (Lipinski definition) is 3. The van der Waals surface area contributed by atoms with Gasteiger partial charge in [0.05, 0.1) is 5.75 Å². The van der Waals surface area contributed by atoms with Crippen LogP contribution in [-0.2, 0) is 10.0 Å². The molecule has 0 unspecified atom stereocenters. The van der Waals surface area contributed by atoms with Crippen LogP contribution in [0.25, 0.3) is 0 Å². The third kappa shape index (κ3) is 5.49. The summed E-state index contributed by atoms with van der Waals surface area (Å²) in [6.07, 6.45) is 4.96. The summed E-state index contributed by atoms with van der Waals surface area (Å²) in [5, 5.41) is 3.20. The van der Waals surface area contributed by atoms with Gasteiger partial charge in [0.15, 0.2) is 0 Å². The van der Waals surface area contributed by atoms with E-state index in [4.69, 9.17) is 0 Å². The molecule has 1 fully saturated rings. The number of sulfonamides is 1. The summed E-state index contributed by atoms with van der Waals surface area (Å²) in [5.41, 5.74) is 0. The van der Waals surface area contributed by atoms with Crippen molar-refractivity contribution in [2.45, 2.75) is 45.1 Å². The van der Waals surface area contributed by atoms with Crippen molar-refractivity contribution >= 4 is 10.0 Å². The number of rotatable bonds is 8. The van der Waals surface area contributed by atoms with Gasteiger partial charge in [-0.1, -0.05) is 13.3 Å². The smallest absolute Gasteiger partial charge is 0.211 e. The molecule has 90 valence electrons. The predicted molar refractivity (Wildman–Crippen MR) is 62.3 cm³/mol. The standard InChI is InChI=1S/C10H22N2O2S/c1-2-7-11-8-4-9-15(13,14)12-10-5-3-6-10/h10-12H,2-9H2,1H3. The summed E-state index contributed by atoms with van der Waals surface area (Å²) in [7, 11) is -3.02. The van der Waals surface area contributed by atoms with E-state index in [1.54, 1.807) is 0 Å². The highest BCUT2D eigenvalue weighted by molar-refractivity contribution is 7.89. The first-order valence-corrected chi connectivity index (χ1v) is 7.50. The summed E-state index contributed by atoms with van der Waals surface area (Å²) in [5.74, 6) is 0.250. The third-order valence-electron chi connectivity index (χ3n) is 2.64. The van der Waals surface area contributed by atoms with Crippen molar-refractivity contribution < 1.29 is 8.42 Å². The van der Waals surface area contributed by atoms with Gasteiger partial charge in [-0.05, 0) is 38.8 Å². The molecule has 1 rings (SSSR count). The Morgan fingerprint density at radius 2 is 2.00 bits per heavy atom. The SMILES string of the molecule is CCCNCCCS(=O)(=O)NC1CCC1. The van der Waals surface area contributed by atoms with Crippen LogP contribution in [0.3, 0.4) is 0 Å². The largest absolute Gasteiger partial charge is 0.317 e. The highest BCUT2D eigenvalue weighted by atomic mass is 32.2. The first-order valence-electron chi connectivity index (χ1n) is 5.85. The molecule has 5 heteroatoms. The normalized spacial score (nSPS) is 17.7. The van der Waals surface area contributed by atoms with Crippen molar-refractivity contribution in [1.29, 1.82) is 0 Å². The summed E-state index contributed by atoms with van der Waals surface area (Å²) >= 11 is 0. The molecule has 1 aliphatic rings. The molecule has 0 amide bonds. The Balaban J connectivity index is 2.07. The van der Waals surface area contributed by atoms with Gasteiger partial charge in [0, 0.05) is 6.04 Å². The van der Waals surface area contributed by atoms with Crippen molar-refractivity contribution in [3.8, 4) is 0 Å². The lowest BCUT2D eigenvalue weighted by molar-refractivity contribution is 0.383. The van der Waals surface area contributed by atoms with Crippen molar-refractivity contribution in [2.75, 3.05) is 18.8 Å². The molecule has 0 saturated heterocycles.